The number of aromatic nitrogens is 3. The maximum absolute atomic E-state index is 12.4. The number of hydrogen-bond donors (Lipinski definition) is 1. The van der Waals surface area contributed by atoms with Gasteiger partial charge >= 0.3 is 0 Å². The number of aryl methyl sites for hydroxylation is 4. The molecule has 3 aromatic heterocycles. The van der Waals surface area contributed by atoms with Gasteiger partial charge in [0.1, 0.15) is 11.5 Å². The smallest absolute Gasteiger partial charge is 0.276 e. The largest absolute Gasteiger partial charge is 0.361 e. The van der Waals surface area contributed by atoms with E-state index < -0.39 is 0 Å². The van der Waals surface area contributed by atoms with Gasteiger partial charge in [-0.05, 0) is 45.4 Å². The van der Waals surface area contributed by atoms with E-state index in [4.69, 9.17) is 4.52 Å². The van der Waals surface area contributed by atoms with Crippen LogP contribution in [0.1, 0.15) is 33.3 Å². The maximum Gasteiger partial charge on any atom is 0.276 e. The Kier molecular flexibility index (Phi) is 3.96. The van der Waals surface area contributed by atoms with E-state index in [2.05, 4.69) is 20.4 Å². The van der Waals surface area contributed by atoms with Gasteiger partial charge in [-0.3, -0.25) is 10.1 Å². The van der Waals surface area contributed by atoms with Crippen LogP contribution < -0.4 is 5.32 Å². The number of nitrogens with one attached hydrogen (secondary N) is 1. The Balaban J connectivity index is 1.96. The lowest BCUT2D eigenvalue weighted by Gasteiger charge is -2.06. The van der Waals surface area contributed by atoms with Crippen molar-refractivity contribution in [3.8, 4) is 11.1 Å². The minimum Gasteiger partial charge on any atom is -0.361 e. The SMILES string of the molecule is Cc1cc(-c2c(C)noc2C)cc(C(=O)Nc2nc(C)cs2)n1. The number of carbonyl (C=O) groups is 1. The fourth-order valence-corrected chi connectivity index (χ4v) is 3.08. The molecule has 3 rings (SSSR count). The van der Waals surface area contributed by atoms with Crippen LogP contribution in [0.2, 0.25) is 0 Å². The van der Waals surface area contributed by atoms with Crippen LogP contribution in [0.3, 0.4) is 0 Å². The van der Waals surface area contributed by atoms with Gasteiger partial charge in [-0.1, -0.05) is 5.16 Å². The van der Waals surface area contributed by atoms with Crippen LogP contribution in [-0.2, 0) is 0 Å². The second kappa shape index (κ2) is 5.92. The Hall–Kier alpha value is -2.54. The van der Waals surface area contributed by atoms with Gasteiger partial charge in [-0.25, -0.2) is 9.97 Å². The number of thiazole rings is 1. The summed E-state index contributed by atoms with van der Waals surface area (Å²) in [5.41, 5.74) is 4.52. The van der Waals surface area contributed by atoms with E-state index in [1.807, 2.05) is 39.1 Å². The number of carbonyl (C=O) groups excluding carboxylic acids is 1. The summed E-state index contributed by atoms with van der Waals surface area (Å²) in [6, 6.07) is 3.66. The molecule has 0 aromatic carbocycles. The number of amides is 1. The first-order valence-corrected chi connectivity index (χ1v) is 7.97. The molecule has 0 spiro atoms. The zero-order valence-electron chi connectivity index (χ0n) is 13.3. The summed E-state index contributed by atoms with van der Waals surface area (Å²) in [5.74, 6) is 0.436. The van der Waals surface area contributed by atoms with E-state index in [0.717, 1.165) is 34.0 Å². The molecule has 0 aliphatic heterocycles. The van der Waals surface area contributed by atoms with Crippen LogP contribution in [0.5, 0.6) is 0 Å². The third-order valence-electron chi connectivity index (χ3n) is 3.35. The van der Waals surface area contributed by atoms with Crippen LogP contribution in [0.15, 0.2) is 22.0 Å². The van der Waals surface area contributed by atoms with Gasteiger partial charge in [-0.2, -0.15) is 0 Å². The standard InChI is InChI=1S/C16H16N4O2S/c1-8-5-12(14-10(3)20-22-11(14)4)6-13(17-8)15(21)19-16-18-9(2)7-23-16/h5-7H,1-4H3,(H,18,19,21). The second-order valence-electron chi connectivity index (χ2n) is 5.33. The topological polar surface area (TPSA) is 80.9 Å². The number of nitrogens with zero attached hydrogens (tertiary/aromatic N) is 3. The molecular formula is C16H16N4O2S. The van der Waals surface area contributed by atoms with Gasteiger partial charge in [0.05, 0.1) is 11.4 Å². The minimum atomic E-state index is -0.281. The first kappa shape index (κ1) is 15.4. The molecule has 0 aliphatic carbocycles. The average molecular weight is 328 g/mol. The zero-order chi connectivity index (χ0) is 16.6. The van der Waals surface area contributed by atoms with Crippen molar-refractivity contribution in [1.82, 2.24) is 15.1 Å². The first-order chi connectivity index (χ1) is 10.9. The van der Waals surface area contributed by atoms with E-state index in [1.54, 1.807) is 6.07 Å². The highest BCUT2D eigenvalue weighted by Crippen LogP contribution is 2.28. The third-order valence-corrected chi connectivity index (χ3v) is 4.22. The Labute approximate surface area is 137 Å². The van der Waals surface area contributed by atoms with Crippen molar-refractivity contribution >= 4 is 22.4 Å². The van der Waals surface area contributed by atoms with Gasteiger partial charge in [0, 0.05) is 16.6 Å². The quantitative estimate of drug-likeness (QED) is 0.793. The molecule has 1 amide bonds. The molecule has 0 radical (unpaired) electrons. The maximum atomic E-state index is 12.4. The summed E-state index contributed by atoms with van der Waals surface area (Å²) in [4.78, 5) is 21.0. The molecule has 3 aromatic rings. The van der Waals surface area contributed by atoms with E-state index in [1.165, 1.54) is 11.3 Å². The molecule has 0 fully saturated rings. The van der Waals surface area contributed by atoms with Gasteiger partial charge in [-0.15, -0.1) is 11.3 Å². The molecule has 0 aliphatic rings. The Bertz CT molecular complexity index is 863. The molecule has 0 unspecified atom stereocenters. The highest BCUT2D eigenvalue weighted by molar-refractivity contribution is 7.13. The van der Waals surface area contributed by atoms with Crippen molar-refractivity contribution < 1.29 is 9.32 Å². The van der Waals surface area contributed by atoms with E-state index in [9.17, 15) is 4.79 Å². The van der Waals surface area contributed by atoms with Crippen molar-refractivity contribution in [3.63, 3.8) is 0 Å². The van der Waals surface area contributed by atoms with Crippen molar-refractivity contribution in [3.05, 3.63) is 46.0 Å². The van der Waals surface area contributed by atoms with Crippen molar-refractivity contribution in [2.45, 2.75) is 27.7 Å². The van der Waals surface area contributed by atoms with Crippen LogP contribution >= 0.6 is 11.3 Å². The summed E-state index contributed by atoms with van der Waals surface area (Å²) in [5, 5.41) is 9.19. The third kappa shape index (κ3) is 3.14. The molecule has 0 bridgehead atoms. The molecule has 3 heterocycles. The molecule has 23 heavy (non-hydrogen) atoms. The van der Waals surface area contributed by atoms with Gasteiger partial charge < -0.3 is 4.52 Å². The average Bonchev–Trinajstić information content (AvgIpc) is 3.04. The van der Waals surface area contributed by atoms with Crippen molar-refractivity contribution in [1.29, 1.82) is 0 Å². The van der Waals surface area contributed by atoms with Gasteiger partial charge in [0.15, 0.2) is 5.13 Å². The normalized spacial score (nSPS) is 10.8. The van der Waals surface area contributed by atoms with E-state index >= 15 is 0 Å². The highest BCUT2D eigenvalue weighted by atomic mass is 32.1. The monoisotopic (exact) mass is 328 g/mol. The summed E-state index contributed by atoms with van der Waals surface area (Å²) in [7, 11) is 0. The number of rotatable bonds is 3. The fraction of sp³-hybridized carbons (Fsp3) is 0.250. The van der Waals surface area contributed by atoms with Crippen LogP contribution in [-0.4, -0.2) is 21.0 Å². The summed E-state index contributed by atoms with van der Waals surface area (Å²) in [6.07, 6.45) is 0. The Morgan fingerprint density at radius 3 is 2.52 bits per heavy atom. The minimum absolute atomic E-state index is 0.281. The Morgan fingerprint density at radius 1 is 1.13 bits per heavy atom. The lowest BCUT2D eigenvalue weighted by molar-refractivity contribution is 0.102. The molecule has 7 heteroatoms. The van der Waals surface area contributed by atoms with E-state index in [0.29, 0.717) is 10.8 Å². The molecule has 0 saturated carbocycles. The molecule has 6 nitrogen and oxygen atoms in total. The predicted molar refractivity (Wildman–Crippen MR) is 88.7 cm³/mol. The molecular weight excluding hydrogens is 312 g/mol. The van der Waals surface area contributed by atoms with Crippen molar-refractivity contribution in [2.75, 3.05) is 5.32 Å². The first-order valence-electron chi connectivity index (χ1n) is 7.09. The number of hydrogen-bond acceptors (Lipinski definition) is 6. The van der Waals surface area contributed by atoms with E-state index in [-0.39, 0.29) is 5.91 Å². The summed E-state index contributed by atoms with van der Waals surface area (Å²) < 4.78 is 5.21. The summed E-state index contributed by atoms with van der Waals surface area (Å²) >= 11 is 1.39. The van der Waals surface area contributed by atoms with Crippen LogP contribution in [0.25, 0.3) is 11.1 Å². The molecule has 0 saturated heterocycles. The van der Waals surface area contributed by atoms with Crippen molar-refractivity contribution in [2.24, 2.45) is 0 Å². The molecule has 0 atom stereocenters. The second-order valence-corrected chi connectivity index (χ2v) is 6.19. The molecule has 1 N–H and O–H groups in total. The number of anilines is 1. The Morgan fingerprint density at radius 2 is 1.91 bits per heavy atom. The summed E-state index contributed by atoms with van der Waals surface area (Å²) in [6.45, 7) is 7.46. The molecule has 118 valence electrons. The predicted octanol–water partition coefficient (Wildman–Crippen LogP) is 3.68. The van der Waals surface area contributed by atoms with Crippen LogP contribution in [0, 0.1) is 27.7 Å². The zero-order valence-corrected chi connectivity index (χ0v) is 14.1. The van der Waals surface area contributed by atoms with Gasteiger partial charge in [0.25, 0.3) is 5.91 Å². The lowest BCUT2D eigenvalue weighted by Crippen LogP contribution is -2.14. The highest BCUT2D eigenvalue weighted by Gasteiger charge is 2.16. The van der Waals surface area contributed by atoms with Gasteiger partial charge in [0.2, 0.25) is 0 Å². The fourth-order valence-electron chi connectivity index (χ4n) is 2.40. The lowest BCUT2D eigenvalue weighted by atomic mass is 10.0. The van der Waals surface area contributed by atoms with Crippen LogP contribution in [0.4, 0.5) is 5.13 Å². The number of pyridine rings is 1.